The highest BCUT2D eigenvalue weighted by molar-refractivity contribution is 6.58. The summed E-state index contributed by atoms with van der Waals surface area (Å²) in [5.74, 6) is 0.935. The van der Waals surface area contributed by atoms with E-state index in [0.717, 1.165) is 5.56 Å². The Bertz CT molecular complexity index is 551. The summed E-state index contributed by atoms with van der Waals surface area (Å²) in [6.07, 6.45) is 4.49. The number of hydrogen-bond acceptors (Lipinski definition) is 6. The van der Waals surface area contributed by atoms with Gasteiger partial charge in [-0.05, 0) is 18.2 Å². The van der Waals surface area contributed by atoms with E-state index < -0.39 is 7.12 Å². The molecule has 0 atom stereocenters. The van der Waals surface area contributed by atoms with E-state index in [0.29, 0.717) is 11.6 Å². The minimum absolute atomic E-state index is 0.254. The molecule has 7 heteroatoms. The van der Waals surface area contributed by atoms with E-state index in [2.05, 4.69) is 9.97 Å². The molecule has 0 fully saturated rings. The second-order valence-electron chi connectivity index (χ2n) is 3.79. The smallest absolute Gasteiger partial charge is 0.487 e. The van der Waals surface area contributed by atoms with Gasteiger partial charge in [-0.3, -0.25) is 4.98 Å². The fourth-order valence-electron chi connectivity index (χ4n) is 1.53. The maximum atomic E-state index is 9.05. The molecule has 0 aliphatic carbocycles. The Morgan fingerprint density at radius 1 is 1.32 bits per heavy atom. The van der Waals surface area contributed by atoms with E-state index >= 15 is 0 Å². The summed E-state index contributed by atoms with van der Waals surface area (Å²) in [5, 5.41) is 18.1. The molecule has 0 aromatic carbocycles. The first kappa shape index (κ1) is 13.3. The zero-order valence-electron chi connectivity index (χ0n) is 10.4. The number of methoxy groups -OCH3 is 1. The first-order chi connectivity index (χ1) is 9.20. The standard InChI is InChI=1S/C12H13BN2O4/c1-18-12-9(3-2-4-15-12)8-19-11-5-10(13(16)17)6-14-7-11/h2-7,16-17H,8H2,1H3. The predicted octanol–water partition coefficient (Wildman–Crippen LogP) is -0.256. The average Bonchev–Trinajstić information content (AvgIpc) is 2.45. The van der Waals surface area contributed by atoms with E-state index in [1.54, 1.807) is 12.3 Å². The lowest BCUT2D eigenvalue weighted by molar-refractivity contribution is 0.293. The number of pyridine rings is 2. The Kier molecular flexibility index (Phi) is 4.32. The van der Waals surface area contributed by atoms with Crippen molar-refractivity contribution >= 4 is 12.6 Å². The van der Waals surface area contributed by atoms with Gasteiger partial charge >= 0.3 is 7.12 Å². The molecular formula is C12H13BN2O4. The maximum absolute atomic E-state index is 9.05. The van der Waals surface area contributed by atoms with Gasteiger partial charge in [0, 0.05) is 17.9 Å². The third-order valence-corrected chi connectivity index (χ3v) is 2.47. The van der Waals surface area contributed by atoms with E-state index in [4.69, 9.17) is 19.5 Å². The molecule has 2 aromatic rings. The minimum Gasteiger partial charge on any atom is -0.487 e. The number of hydrogen-bond donors (Lipinski definition) is 2. The van der Waals surface area contributed by atoms with Gasteiger partial charge in [0.15, 0.2) is 0 Å². The predicted molar refractivity (Wildman–Crippen MR) is 69.2 cm³/mol. The van der Waals surface area contributed by atoms with Crippen LogP contribution in [0.3, 0.4) is 0 Å². The molecule has 0 amide bonds. The summed E-state index contributed by atoms with van der Waals surface area (Å²) in [7, 11) is -0.0279. The van der Waals surface area contributed by atoms with E-state index in [9.17, 15) is 0 Å². The van der Waals surface area contributed by atoms with Crippen LogP contribution in [0.5, 0.6) is 11.6 Å². The van der Waals surface area contributed by atoms with Gasteiger partial charge in [-0.1, -0.05) is 0 Å². The molecule has 0 aliphatic rings. The van der Waals surface area contributed by atoms with Crippen LogP contribution in [0.25, 0.3) is 0 Å². The summed E-state index contributed by atoms with van der Waals surface area (Å²) in [6, 6.07) is 5.14. The fraction of sp³-hybridized carbons (Fsp3) is 0.167. The lowest BCUT2D eigenvalue weighted by atomic mass is 9.82. The molecule has 0 spiro atoms. The van der Waals surface area contributed by atoms with Gasteiger partial charge in [0.05, 0.1) is 18.9 Å². The van der Waals surface area contributed by atoms with Gasteiger partial charge in [-0.25, -0.2) is 4.98 Å². The van der Waals surface area contributed by atoms with Crippen LogP contribution in [0.1, 0.15) is 5.56 Å². The second kappa shape index (κ2) is 6.17. The molecule has 98 valence electrons. The minimum atomic E-state index is -1.57. The highest BCUT2D eigenvalue weighted by atomic mass is 16.5. The van der Waals surface area contributed by atoms with Crippen molar-refractivity contribution in [1.29, 1.82) is 0 Å². The van der Waals surface area contributed by atoms with Gasteiger partial charge < -0.3 is 19.5 Å². The van der Waals surface area contributed by atoms with E-state index in [1.807, 2.05) is 6.07 Å². The summed E-state index contributed by atoms with van der Waals surface area (Å²) >= 11 is 0. The van der Waals surface area contributed by atoms with Crippen molar-refractivity contribution in [3.8, 4) is 11.6 Å². The monoisotopic (exact) mass is 260 g/mol. The highest BCUT2D eigenvalue weighted by Gasteiger charge is 2.12. The number of rotatable bonds is 5. The zero-order valence-corrected chi connectivity index (χ0v) is 10.4. The Balaban J connectivity index is 2.08. The van der Waals surface area contributed by atoms with Crippen LogP contribution in [-0.4, -0.2) is 34.2 Å². The SMILES string of the molecule is COc1ncccc1COc1cncc(B(O)O)c1. The molecule has 19 heavy (non-hydrogen) atoms. The van der Waals surface area contributed by atoms with Crippen LogP contribution >= 0.6 is 0 Å². The van der Waals surface area contributed by atoms with Crippen molar-refractivity contribution in [2.45, 2.75) is 6.61 Å². The van der Waals surface area contributed by atoms with Crippen molar-refractivity contribution in [2.75, 3.05) is 7.11 Å². The van der Waals surface area contributed by atoms with E-state index in [-0.39, 0.29) is 12.1 Å². The molecule has 0 unspecified atom stereocenters. The van der Waals surface area contributed by atoms with Gasteiger partial charge in [0.1, 0.15) is 12.4 Å². The van der Waals surface area contributed by atoms with Gasteiger partial charge in [0.2, 0.25) is 5.88 Å². The molecule has 6 nitrogen and oxygen atoms in total. The van der Waals surface area contributed by atoms with E-state index in [1.165, 1.54) is 25.6 Å². The molecule has 0 aliphatic heterocycles. The van der Waals surface area contributed by atoms with Crippen molar-refractivity contribution < 1.29 is 19.5 Å². The first-order valence-electron chi connectivity index (χ1n) is 5.62. The quantitative estimate of drug-likeness (QED) is 0.721. The molecule has 2 heterocycles. The van der Waals surface area contributed by atoms with Crippen molar-refractivity contribution in [3.63, 3.8) is 0 Å². The summed E-state index contributed by atoms with van der Waals surface area (Å²) in [4.78, 5) is 7.93. The zero-order chi connectivity index (χ0) is 13.7. The molecule has 2 N–H and O–H groups in total. The Labute approximate surface area is 110 Å². The maximum Gasteiger partial charge on any atom is 0.490 e. The molecule has 2 aromatic heterocycles. The van der Waals surface area contributed by atoms with Crippen LogP contribution < -0.4 is 14.9 Å². The average molecular weight is 260 g/mol. The molecule has 0 bridgehead atoms. The fourth-order valence-corrected chi connectivity index (χ4v) is 1.53. The number of aromatic nitrogens is 2. The summed E-state index contributed by atoms with van der Waals surface area (Å²) in [6.45, 7) is 0.254. The Hall–Kier alpha value is -2.12. The lowest BCUT2D eigenvalue weighted by Crippen LogP contribution is -2.30. The normalized spacial score (nSPS) is 10.1. The summed E-state index contributed by atoms with van der Waals surface area (Å²) < 4.78 is 10.6. The lowest BCUT2D eigenvalue weighted by Gasteiger charge is -2.09. The highest BCUT2D eigenvalue weighted by Crippen LogP contribution is 2.16. The first-order valence-corrected chi connectivity index (χ1v) is 5.62. The van der Waals surface area contributed by atoms with Crippen molar-refractivity contribution in [2.24, 2.45) is 0 Å². The molecule has 2 rings (SSSR count). The van der Waals surface area contributed by atoms with Crippen LogP contribution in [0.2, 0.25) is 0 Å². The number of ether oxygens (including phenoxy) is 2. The Morgan fingerprint density at radius 2 is 2.16 bits per heavy atom. The van der Waals surface area contributed by atoms with Gasteiger partial charge in [0.25, 0.3) is 0 Å². The molecule has 0 radical (unpaired) electrons. The largest absolute Gasteiger partial charge is 0.490 e. The van der Waals surface area contributed by atoms with Crippen LogP contribution in [0, 0.1) is 0 Å². The third-order valence-electron chi connectivity index (χ3n) is 2.47. The van der Waals surface area contributed by atoms with Gasteiger partial charge in [-0.15, -0.1) is 0 Å². The van der Waals surface area contributed by atoms with Crippen LogP contribution in [-0.2, 0) is 6.61 Å². The molecule has 0 saturated heterocycles. The molecular weight excluding hydrogens is 247 g/mol. The second-order valence-corrected chi connectivity index (χ2v) is 3.79. The van der Waals surface area contributed by atoms with Crippen molar-refractivity contribution in [3.05, 3.63) is 42.4 Å². The topological polar surface area (TPSA) is 84.7 Å². The Morgan fingerprint density at radius 3 is 2.89 bits per heavy atom. The van der Waals surface area contributed by atoms with Crippen molar-refractivity contribution in [1.82, 2.24) is 9.97 Å². The number of nitrogens with zero attached hydrogens (tertiary/aromatic N) is 2. The third kappa shape index (κ3) is 3.43. The molecule has 0 saturated carbocycles. The van der Waals surface area contributed by atoms with Crippen LogP contribution in [0.4, 0.5) is 0 Å². The summed E-state index contributed by atoms with van der Waals surface area (Å²) in [5.41, 5.74) is 1.07. The van der Waals surface area contributed by atoms with Gasteiger partial charge in [-0.2, -0.15) is 0 Å². The van der Waals surface area contributed by atoms with Crippen LogP contribution in [0.15, 0.2) is 36.8 Å².